The van der Waals surface area contributed by atoms with E-state index < -0.39 is 0 Å². The van der Waals surface area contributed by atoms with Crippen LogP contribution in [-0.4, -0.2) is 35.2 Å². The molecule has 0 radical (unpaired) electrons. The molecule has 1 fully saturated rings. The number of benzene rings is 1. The zero-order valence-corrected chi connectivity index (χ0v) is 16.1. The summed E-state index contributed by atoms with van der Waals surface area (Å²) in [6.45, 7) is 1.99. The highest BCUT2D eigenvalue weighted by Crippen LogP contribution is 2.32. The first-order valence-corrected chi connectivity index (χ1v) is 10.5. The van der Waals surface area contributed by atoms with Crippen molar-refractivity contribution in [1.29, 1.82) is 0 Å². The first-order valence-electron chi connectivity index (χ1n) is 8.78. The van der Waals surface area contributed by atoms with E-state index in [0.717, 1.165) is 46.6 Å². The molecule has 4 rings (SSSR count). The fourth-order valence-corrected chi connectivity index (χ4v) is 4.83. The van der Waals surface area contributed by atoms with Crippen LogP contribution in [0.25, 0.3) is 11.0 Å². The fourth-order valence-electron chi connectivity index (χ4n) is 3.43. The second kappa shape index (κ2) is 7.71. The maximum Gasteiger partial charge on any atom is 0.234 e. The van der Waals surface area contributed by atoms with Gasteiger partial charge in [-0.1, -0.05) is 37.1 Å². The van der Waals surface area contributed by atoms with Crippen LogP contribution in [0.3, 0.4) is 0 Å². The number of carbonyl (C=O) groups is 1. The topological polar surface area (TPSA) is 85.6 Å². The quantitative estimate of drug-likeness (QED) is 0.669. The van der Waals surface area contributed by atoms with Crippen LogP contribution >= 0.6 is 23.5 Å². The Kier molecular flexibility index (Phi) is 5.16. The van der Waals surface area contributed by atoms with Crippen LogP contribution in [0, 0.1) is 6.92 Å². The first kappa shape index (κ1) is 17.4. The molecule has 0 bridgehead atoms. The van der Waals surface area contributed by atoms with Gasteiger partial charge in [-0.05, 0) is 31.9 Å². The number of aryl methyl sites for hydroxylation is 1. The Hall–Kier alpha value is -2.00. The van der Waals surface area contributed by atoms with E-state index in [1.54, 1.807) is 0 Å². The predicted molar refractivity (Wildman–Crippen MR) is 104 cm³/mol. The number of thioether (sulfide) groups is 1. The van der Waals surface area contributed by atoms with Gasteiger partial charge in [-0.3, -0.25) is 4.79 Å². The van der Waals surface area contributed by atoms with Crippen molar-refractivity contribution in [2.45, 2.75) is 50.2 Å². The van der Waals surface area contributed by atoms with Crippen LogP contribution in [0.5, 0.6) is 0 Å². The summed E-state index contributed by atoms with van der Waals surface area (Å²) in [6, 6.07) is 6.06. The molecule has 0 spiro atoms. The van der Waals surface area contributed by atoms with Crippen LogP contribution < -0.4 is 5.32 Å². The number of carbonyl (C=O) groups excluding carboxylic acids is 1. The number of hydrogen-bond acceptors (Lipinski definition) is 7. The van der Waals surface area contributed by atoms with E-state index in [4.69, 9.17) is 0 Å². The molecule has 2 aromatic heterocycles. The van der Waals surface area contributed by atoms with Gasteiger partial charge in [-0.2, -0.15) is 8.75 Å². The minimum absolute atomic E-state index is 0.0775. The number of anilines is 1. The molecule has 1 aliphatic carbocycles. The molecule has 3 aromatic rings. The fraction of sp³-hybridized carbons (Fsp3) is 0.471. The van der Waals surface area contributed by atoms with Crippen molar-refractivity contribution in [3.8, 4) is 0 Å². The zero-order valence-electron chi connectivity index (χ0n) is 14.5. The number of amides is 1. The molecule has 1 saturated carbocycles. The summed E-state index contributed by atoms with van der Waals surface area (Å²) in [5.41, 5.74) is 2.23. The number of aromatic nitrogens is 5. The second-order valence-corrected chi connectivity index (χ2v) is 7.94. The summed E-state index contributed by atoms with van der Waals surface area (Å²) in [5, 5.41) is 12.3. The summed E-state index contributed by atoms with van der Waals surface area (Å²) in [5.74, 6) is 1.14. The maximum absolute atomic E-state index is 12.4. The Morgan fingerprint density at radius 2 is 2.12 bits per heavy atom. The monoisotopic (exact) mass is 388 g/mol. The number of fused-ring (bicyclic) bond motifs is 1. The van der Waals surface area contributed by atoms with Crippen molar-refractivity contribution in [1.82, 2.24) is 23.5 Å². The highest BCUT2D eigenvalue weighted by Gasteiger charge is 2.22. The molecule has 1 amide bonds. The normalized spacial score (nSPS) is 15.4. The van der Waals surface area contributed by atoms with Gasteiger partial charge >= 0.3 is 0 Å². The summed E-state index contributed by atoms with van der Waals surface area (Å²) in [6.07, 6.45) is 6.13. The largest absolute Gasteiger partial charge is 0.323 e. The van der Waals surface area contributed by atoms with Gasteiger partial charge in [0.25, 0.3) is 0 Å². The lowest BCUT2D eigenvalue weighted by Crippen LogP contribution is -2.17. The Morgan fingerprint density at radius 3 is 2.96 bits per heavy atom. The smallest absolute Gasteiger partial charge is 0.234 e. The Bertz CT molecular complexity index is 915. The molecule has 1 N–H and O–H groups in total. The number of hydrogen-bond donors (Lipinski definition) is 1. The highest BCUT2D eigenvalue weighted by molar-refractivity contribution is 7.99. The van der Waals surface area contributed by atoms with Gasteiger partial charge in [0.2, 0.25) is 5.91 Å². The van der Waals surface area contributed by atoms with E-state index in [1.807, 2.05) is 25.1 Å². The SMILES string of the molecule is Cc1nnc(SCC(=O)Nc2cccc3nsnc23)n1C1CCCCC1. The van der Waals surface area contributed by atoms with Crippen LogP contribution in [0.15, 0.2) is 23.4 Å². The molecular weight excluding hydrogens is 368 g/mol. The molecule has 0 atom stereocenters. The predicted octanol–water partition coefficient (Wildman–Crippen LogP) is 3.83. The minimum Gasteiger partial charge on any atom is -0.323 e. The highest BCUT2D eigenvalue weighted by atomic mass is 32.2. The molecule has 2 heterocycles. The average Bonchev–Trinajstić information content (AvgIpc) is 3.28. The average molecular weight is 389 g/mol. The Morgan fingerprint density at radius 1 is 1.27 bits per heavy atom. The first-order chi connectivity index (χ1) is 12.7. The molecule has 136 valence electrons. The Labute approximate surface area is 159 Å². The molecule has 9 heteroatoms. The van der Waals surface area contributed by atoms with E-state index in [2.05, 4.69) is 28.8 Å². The van der Waals surface area contributed by atoms with E-state index in [1.165, 1.54) is 31.0 Å². The minimum atomic E-state index is -0.0775. The number of rotatable bonds is 5. The van der Waals surface area contributed by atoms with E-state index >= 15 is 0 Å². The van der Waals surface area contributed by atoms with Crippen molar-refractivity contribution in [3.05, 3.63) is 24.0 Å². The van der Waals surface area contributed by atoms with Gasteiger partial charge in [-0.15, -0.1) is 10.2 Å². The molecular formula is C17H20N6OS2. The van der Waals surface area contributed by atoms with Gasteiger partial charge in [0.15, 0.2) is 5.16 Å². The van der Waals surface area contributed by atoms with E-state index in [0.29, 0.717) is 17.5 Å². The molecule has 0 unspecified atom stereocenters. The third kappa shape index (κ3) is 3.59. The summed E-state index contributed by atoms with van der Waals surface area (Å²) in [4.78, 5) is 12.4. The lowest BCUT2D eigenvalue weighted by molar-refractivity contribution is -0.113. The van der Waals surface area contributed by atoms with Gasteiger partial charge in [0, 0.05) is 6.04 Å². The number of nitrogens with one attached hydrogen (secondary N) is 1. The maximum atomic E-state index is 12.4. The third-order valence-corrected chi connectivity index (χ3v) is 6.15. The summed E-state index contributed by atoms with van der Waals surface area (Å²) in [7, 11) is 0. The zero-order chi connectivity index (χ0) is 17.9. The molecule has 0 saturated heterocycles. The van der Waals surface area contributed by atoms with Crippen LogP contribution in [-0.2, 0) is 4.79 Å². The van der Waals surface area contributed by atoms with Crippen LogP contribution in [0.4, 0.5) is 5.69 Å². The van der Waals surface area contributed by atoms with Gasteiger partial charge in [0.1, 0.15) is 16.9 Å². The molecule has 1 aliphatic rings. The second-order valence-electron chi connectivity index (χ2n) is 6.47. The van der Waals surface area contributed by atoms with Crippen LogP contribution in [0.2, 0.25) is 0 Å². The lowest BCUT2D eigenvalue weighted by atomic mass is 9.95. The van der Waals surface area contributed by atoms with Gasteiger partial charge in [-0.25, -0.2) is 0 Å². The van der Waals surface area contributed by atoms with E-state index in [9.17, 15) is 4.79 Å². The van der Waals surface area contributed by atoms with E-state index in [-0.39, 0.29) is 5.91 Å². The van der Waals surface area contributed by atoms with Crippen molar-refractivity contribution in [3.63, 3.8) is 0 Å². The lowest BCUT2D eigenvalue weighted by Gasteiger charge is -2.24. The van der Waals surface area contributed by atoms with Gasteiger partial charge in [0.05, 0.1) is 23.2 Å². The standard InChI is InChI=1S/C17H20N6OS2/c1-11-19-20-17(23(11)12-6-3-2-4-7-12)25-10-15(24)18-13-8-5-9-14-16(13)22-26-21-14/h5,8-9,12H,2-4,6-7,10H2,1H3,(H,18,24). The molecule has 26 heavy (non-hydrogen) atoms. The Balaban J connectivity index is 1.43. The van der Waals surface area contributed by atoms with Crippen molar-refractivity contribution < 1.29 is 4.79 Å². The summed E-state index contributed by atoms with van der Waals surface area (Å²) >= 11 is 2.59. The van der Waals surface area contributed by atoms with Crippen molar-refractivity contribution in [2.75, 3.05) is 11.1 Å². The van der Waals surface area contributed by atoms with Crippen LogP contribution in [0.1, 0.15) is 44.0 Å². The molecule has 0 aliphatic heterocycles. The molecule has 1 aromatic carbocycles. The number of nitrogens with zero attached hydrogens (tertiary/aromatic N) is 5. The van der Waals surface area contributed by atoms with Crippen molar-refractivity contribution >= 4 is 46.1 Å². The molecule has 7 nitrogen and oxygen atoms in total. The van der Waals surface area contributed by atoms with Gasteiger partial charge < -0.3 is 9.88 Å². The van der Waals surface area contributed by atoms with Crippen molar-refractivity contribution in [2.24, 2.45) is 0 Å². The summed E-state index contributed by atoms with van der Waals surface area (Å²) < 4.78 is 10.7. The third-order valence-electron chi connectivity index (χ3n) is 4.67.